The van der Waals surface area contributed by atoms with E-state index in [1.165, 1.54) is 24.3 Å². The molecule has 0 saturated carbocycles. The standard InChI is InChI=1S/C18H20O5S/c1-12-14(19)9-10-18(15(20)11-17(2,3)23-16(12)18)24(21,22)13-7-5-4-6-8-13/h4-10,12,16H,11H2,1-3H3/t12-,16?,18+/m1/s1. The summed E-state index contributed by atoms with van der Waals surface area (Å²) in [5.41, 5.74) is -0.808. The van der Waals surface area contributed by atoms with Crippen LogP contribution in [0, 0.1) is 5.92 Å². The number of ketones is 2. The monoisotopic (exact) mass is 348 g/mol. The number of Topliss-reactive ketones (excluding diaryl/α,β-unsaturated/α-hetero) is 1. The van der Waals surface area contributed by atoms with Crippen LogP contribution in [0.3, 0.4) is 0 Å². The van der Waals surface area contributed by atoms with E-state index in [1.807, 2.05) is 0 Å². The van der Waals surface area contributed by atoms with Gasteiger partial charge < -0.3 is 4.74 Å². The summed E-state index contributed by atoms with van der Waals surface area (Å²) in [6.45, 7) is 5.08. The van der Waals surface area contributed by atoms with Gasteiger partial charge in [-0.25, -0.2) is 8.42 Å². The highest BCUT2D eigenvalue weighted by atomic mass is 32.2. The molecule has 1 aromatic carbocycles. The molecule has 1 heterocycles. The number of sulfone groups is 1. The lowest BCUT2D eigenvalue weighted by molar-refractivity contribution is -0.164. The molecule has 0 bridgehead atoms. The molecule has 0 spiro atoms. The molecule has 1 fully saturated rings. The molecule has 6 heteroatoms. The van der Waals surface area contributed by atoms with Crippen LogP contribution in [0.25, 0.3) is 0 Å². The maximum absolute atomic E-state index is 13.4. The highest BCUT2D eigenvalue weighted by Crippen LogP contribution is 2.46. The predicted molar refractivity (Wildman–Crippen MR) is 88.2 cm³/mol. The van der Waals surface area contributed by atoms with Crippen molar-refractivity contribution in [3.63, 3.8) is 0 Å². The van der Waals surface area contributed by atoms with Crippen molar-refractivity contribution in [2.75, 3.05) is 0 Å². The number of hydrogen-bond donors (Lipinski definition) is 0. The summed E-state index contributed by atoms with van der Waals surface area (Å²) in [6, 6.07) is 7.85. The van der Waals surface area contributed by atoms with E-state index in [-0.39, 0.29) is 17.1 Å². The largest absolute Gasteiger partial charge is 0.369 e. The molecule has 0 N–H and O–H groups in total. The van der Waals surface area contributed by atoms with E-state index in [4.69, 9.17) is 4.74 Å². The van der Waals surface area contributed by atoms with Gasteiger partial charge in [0.15, 0.2) is 26.2 Å². The van der Waals surface area contributed by atoms with Crippen molar-refractivity contribution in [2.45, 2.75) is 48.5 Å². The Morgan fingerprint density at radius 2 is 1.75 bits per heavy atom. The second kappa shape index (κ2) is 5.36. The average Bonchev–Trinajstić information content (AvgIpc) is 2.51. The minimum absolute atomic E-state index is 0.0270. The van der Waals surface area contributed by atoms with Gasteiger partial charge in [0, 0.05) is 12.3 Å². The molecule has 24 heavy (non-hydrogen) atoms. The Bertz CT molecular complexity index is 822. The topological polar surface area (TPSA) is 77.5 Å². The predicted octanol–water partition coefficient (Wildman–Crippen LogP) is 2.11. The Morgan fingerprint density at radius 3 is 2.38 bits per heavy atom. The molecular weight excluding hydrogens is 328 g/mol. The SMILES string of the molecule is C[C@@H]1C(=O)C=C[C@]2(S(=O)(=O)c3ccccc3)C(=O)CC(C)(C)OC12. The third-order valence-corrected chi connectivity index (χ3v) is 7.17. The summed E-state index contributed by atoms with van der Waals surface area (Å²) in [4.78, 5) is 25.2. The third-order valence-electron chi connectivity index (χ3n) is 4.79. The van der Waals surface area contributed by atoms with Crippen molar-refractivity contribution in [2.24, 2.45) is 5.92 Å². The van der Waals surface area contributed by atoms with Crippen LogP contribution in [0.5, 0.6) is 0 Å². The first-order chi connectivity index (χ1) is 11.1. The van der Waals surface area contributed by atoms with Gasteiger partial charge in [-0.05, 0) is 38.1 Å². The van der Waals surface area contributed by atoms with Gasteiger partial charge in [-0.1, -0.05) is 25.1 Å². The lowest BCUT2D eigenvalue weighted by Crippen LogP contribution is -2.66. The molecule has 0 aromatic heterocycles. The molecule has 5 nitrogen and oxygen atoms in total. The van der Waals surface area contributed by atoms with Crippen molar-refractivity contribution in [3.05, 3.63) is 42.5 Å². The number of allylic oxidation sites excluding steroid dienone is 1. The first-order valence-corrected chi connectivity index (χ1v) is 9.34. The molecule has 2 aliphatic rings. The van der Waals surface area contributed by atoms with Crippen LogP contribution >= 0.6 is 0 Å². The minimum Gasteiger partial charge on any atom is -0.369 e. The molecule has 3 atom stereocenters. The van der Waals surface area contributed by atoms with Gasteiger partial charge in [0.25, 0.3) is 0 Å². The number of fused-ring (bicyclic) bond motifs is 1. The summed E-state index contributed by atoms with van der Waals surface area (Å²) >= 11 is 0. The lowest BCUT2D eigenvalue weighted by Gasteiger charge is -2.49. The summed E-state index contributed by atoms with van der Waals surface area (Å²) < 4.78 is 30.8. The van der Waals surface area contributed by atoms with Gasteiger partial charge in [0.05, 0.1) is 16.6 Å². The van der Waals surface area contributed by atoms with Gasteiger partial charge in [-0.15, -0.1) is 0 Å². The van der Waals surface area contributed by atoms with Crippen molar-refractivity contribution >= 4 is 21.4 Å². The van der Waals surface area contributed by atoms with Gasteiger partial charge in [-0.3, -0.25) is 9.59 Å². The molecule has 0 amide bonds. The fourth-order valence-electron chi connectivity index (χ4n) is 3.51. The van der Waals surface area contributed by atoms with Crippen LogP contribution in [0.4, 0.5) is 0 Å². The van der Waals surface area contributed by atoms with E-state index in [2.05, 4.69) is 0 Å². The van der Waals surface area contributed by atoms with E-state index in [1.54, 1.807) is 39.0 Å². The summed E-state index contributed by atoms with van der Waals surface area (Å²) in [6.07, 6.45) is 1.39. The second-order valence-corrected chi connectivity index (χ2v) is 9.19. The molecule has 3 rings (SSSR count). The Hall–Kier alpha value is -1.79. The first kappa shape index (κ1) is 17.0. The average molecular weight is 348 g/mol. The number of carbonyl (C=O) groups is 2. The number of rotatable bonds is 2. The zero-order valence-corrected chi connectivity index (χ0v) is 14.7. The fraction of sp³-hybridized carbons (Fsp3) is 0.444. The Labute approximate surface area is 141 Å². The minimum atomic E-state index is -4.05. The Morgan fingerprint density at radius 1 is 1.12 bits per heavy atom. The van der Waals surface area contributed by atoms with Gasteiger partial charge in [0.1, 0.15) is 0 Å². The number of hydrogen-bond acceptors (Lipinski definition) is 5. The molecule has 1 unspecified atom stereocenters. The summed E-state index contributed by atoms with van der Waals surface area (Å²) in [7, 11) is -4.05. The van der Waals surface area contributed by atoms with Crippen molar-refractivity contribution < 1.29 is 22.7 Å². The third kappa shape index (κ3) is 2.28. The summed E-state index contributed by atoms with van der Waals surface area (Å²) in [5.74, 6) is -1.37. The van der Waals surface area contributed by atoms with E-state index in [0.717, 1.165) is 0 Å². The van der Waals surface area contributed by atoms with E-state index in [0.29, 0.717) is 0 Å². The smallest absolute Gasteiger partial charge is 0.197 e. The van der Waals surface area contributed by atoms with Crippen molar-refractivity contribution in [1.82, 2.24) is 0 Å². The lowest BCUT2D eigenvalue weighted by atomic mass is 9.75. The van der Waals surface area contributed by atoms with Crippen LogP contribution in [0.15, 0.2) is 47.4 Å². The number of carbonyl (C=O) groups excluding carboxylic acids is 2. The van der Waals surface area contributed by atoms with Crippen LogP contribution in [0.2, 0.25) is 0 Å². The van der Waals surface area contributed by atoms with E-state index in [9.17, 15) is 18.0 Å². The highest BCUT2D eigenvalue weighted by Gasteiger charge is 2.63. The zero-order chi connectivity index (χ0) is 17.8. The Balaban J connectivity index is 2.26. The maximum Gasteiger partial charge on any atom is 0.197 e. The van der Waals surface area contributed by atoms with E-state index >= 15 is 0 Å². The van der Waals surface area contributed by atoms with Crippen molar-refractivity contribution in [1.29, 1.82) is 0 Å². The number of benzene rings is 1. The molecule has 1 saturated heterocycles. The van der Waals surface area contributed by atoms with Crippen LogP contribution < -0.4 is 0 Å². The molecule has 0 radical (unpaired) electrons. The van der Waals surface area contributed by atoms with Crippen LogP contribution in [-0.2, 0) is 24.2 Å². The normalized spacial score (nSPS) is 32.5. The number of ether oxygens (including phenoxy) is 1. The second-order valence-electron chi connectivity index (χ2n) is 7.03. The molecule has 1 aliphatic heterocycles. The zero-order valence-electron chi connectivity index (χ0n) is 13.9. The van der Waals surface area contributed by atoms with Gasteiger partial charge in [-0.2, -0.15) is 0 Å². The first-order valence-electron chi connectivity index (χ1n) is 7.86. The van der Waals surface area contributed by atoms with Gasteiger partial charge in [0.2, 0.25) is 0 Å². The molecule has 128 valence electrons. The maximum atomic E-state index is 13.4. The summed E-state index contributed by atoms with van der Waals surface area (Å²) in [5, 5.41) is 0. The van der Waals surface area contributed by atoms with Gasteiger partial charge >= 0.3 is 0 Å². The molecule has 1 aliphatic carbocycles. The van der Waals surface area contributed by atoms with E-state index < -0.39 is 38.0 Å². The fourth-order valence-corrected chi connectivity index (χ4v) is 5.59. The van der Waals surface area contributed by atoms with Crippen LogP contribution in [-0.4, -0.2) is 36.4 Å². The quantitative estimate of drug-likeness (QED) is 0.818. The molecular formula is C18H20O5S. The van der Waals surface area contributed by atoms with Crippen LogP contribution in [0.1, 0.15) is 27.2 Å². The van der Waals surface area contributed by atoms with Crippen molar-refractivity contribution in [3.8, 4) is 0 Å². The molecule has 1 aromatic rings. The highest BCUT2D eigenvalue weighted by molar-refractivity contribution is 7.94. The Kier molecular flexibility index (Phi) is 3.81.